The fraction of sp³-hybridized carbons (Fsp3) is 0.736. The summed E-state index contributed by atoms with van der Waals surface area (Å²) in [4.78, 5) is 35.1. The lowest BCUT2D eigenvalue weighted by Gasteiger charge is -2.20. The quantitative estimate of drug-likeness (QED) is 0.0151. The van der Waals surface area contributed by atoms with Crippen LogP contribution in [0, 0.1) is 5.92 Å². The molecule has 0 aromatic rings. The standard InChI is InChI=1S/C53H93O11P/c1-4-6-7-8-30-35-40-49(55)41-36-31-26-22-19-20-24-28-33-38-43-53(58)64-51(47-63-65(59,60)62-45-50(56)44-54)46-61-52(57)42-37-32-27-23-18-16-14-12-10-9-11-13-15-17-21-25-29-34-39-48(3)5-2/h6-7,19-20,26,28,30-31,33,35-36,41,48-51,54-56H,4-5,8-18,21-25,27,29,32,34,37-40,42-47H2,1-3H3,(H,59,60)/b7-6-,20-19-,31-26-,33-28-,35-30-,41-36+/t48?,49?,50-,51+/m0/s1. The number of ether oxygens (including phenoxy) is 2. The van der Waals surface area contributed by atoms with E-state index in [4.69, 9.17) is 23.6 Å². The van der Waals surface area contributed by atoms with Crippen LogP contribution in [0.4, 0.5) is 0 Å². The van der Waals surface area contributed by atoms with Crippen molar-refractivity contribution in [2.75, 3.05) is 26.4 Å². The highest BCUT2D eigenvalue weighted by molar-refractivity contribution is 7.47. The van der Waals surface area contributed by atoms with Gasteiger partial charge in [-0.3, -0.25) is 18.6 Å². The molecule has 0 spiro atoms. The number of rotatable bonds is 46. The summed E-state index contributed by atoms with van der Waals surface area (Å²) in [6.45, 7) is 4.50. The molecule has 0 aromatic carbocycles. The Kier molecular flexibility index (Phi) is 44.6. The van der Waals surface area contributed by atoms with Crippen molar-refractivity contribution >= 4 is 19.8 Å². The first kappa shape index (κ1) is 62.4. The van der Waals surface area contributed by atoms with Crippen LogP contribution in [0.5, 0.6) is 0 Å². The van der Waals surface area contributed by atoms with Gasteiger partial charge in [0.15, 0.2) is 6.10 Å². The van der Waals surface area contributed by atoms with Gasteiger partial charge in [-0.25, -0.2) is 4.57 Å². The molecule has 0 amide bonds. The molecular formula is C53H93O11P. The molecule has 3 unspecified atom stereocenters. The Morgan fingerprint density at radius 3 is 1.66 bits per heavy atom. The molecule has 376 valence electrons. The molecule has 0 bridgehead atoms. The van der Waals surface area contributed by atoms with Gasteiger partial charge < -0.3 is 29.7 Å². The van der Waals surface area contributed by atoms with Crippen molar-refractivity contribution in [3.8, 4) is 0 Å². The third-order valence-corrected chi connectivity index (χ3v) is 12.0. The van der Waals surface area contributed by atoms with Crippen LogP contribution in [0.3, 0.4) is 0 Å². The summed E-state index contributed by atoms with van der Waals surface area (Å²) in [5.74, 6) is -0.162. The maximum atomic E-state index is 12.6. The second kappa shape index (κ2) is 46.5. The van der Waals surface area contributed by atoms with Gasteiger partial charge >= 0.3 is 19.8 Å². The fourth-order valence-electron chi connectivity index (χ4n) is 6.73. The molecule has 65 heavy (non-hydrogen) atoms. The van der Waals surface area contributed by atoms with Crippen LogP contribution in [-0.4, -0.2) is 76.9 Å². The zero-order chi connectivity index (χ0) is 47.9. The predicted octanol–water partition coefficient (Wildman–Crippen LogP) is 13.2. The number of carbonyl (C=O) groups is 2. The van der Waals surface area contributed by atoms with E-state index in [1.807, 2.05) is 48.6 Å². The molecule has 0 aromatic heterocycles. The first-order valence-corrected chi connectivity index (χ1v) is 26.9. The molecule has 0 saturated carbocycles. The summed E-state index contributed by atoms with van der Waals surface area (Å²) >= 11 is 0. The summed E-state index contributed by atoms with van der Waals surface area (Å²) in [6, 6.07) is 0. The Morgan fingerprint density at radius 2 is 1.09 bits per heavy atom. The normalized spacial score (nSPS) is 15.2. The smallest absolute Gasteiger partial charge is 0.462 e. The van der Waals surface area contributed by atoms with E-state index in [1.54, 1.807) is 6.08 Å². The molecule has 0 rings (SSSR count). The second-order valence-electron chi connectivity index (χ2n) is 17.3. The molecule has 0 aliphatic heterocycles. The number of phosphoric ester groups is 1. The van der Waals surface area contributed by atoms with Gasteiger partial charge in [0.05, 0.1) is 25.9 Å². The first-order chi connectivity index (χ1) is 31.5. The van der Waals surface area contributed by atoms with Crippen LogP contribution in [0.2, 0.25) is 0 Å². The number of carbonyl (C=O) groups excluding carboxylic acids is 2. The van der Waals surface area contributed by atoms with Gasteiger partial charge in [-0.15, -0.1) is 0 Å². The topological polar surface area (TPSA) is 169 Å². The molecule has 0 heterocycles. The Morgan fingerprint density at radius 1 is 0.585 bits per heavy atom. The summed E-state index contributed by atoms with van der Waals surface area (Å²) in [6.07, 6.45) is 50.5. The average molecular weight is 937 g/mol. The Hall–Kier alpha value is -2.63. The van der Waals surface area contributed by atoms with E-state index in [1.165, 1.54) is 103 Å². The molecule has 4 N–H and O–H groups in total. The third kappa shape index (κ3) is 46.3. The summed E-state index contributed by atoms with van der Waals surface area (Å²) in [7, 11) is -4.66. The molecular weight excluding hydrogens is 844 g/mol. The highest BCUT2D eigenvalue weighted by Gasteiger charge is 2.27. The van der Waals surface area contributed by atoms with Gasteiger partial charge in [-0.1, -0.05) is 216 Å². The number of hydrogen-bond acceptors (Lipinski definition) is 10. The van der Waals surface area contributed by atoms with Crippen LogP contribution in [0.15, 0.2) is 72.9 Å². The number of phosphoric acid groups is 1. The molecule has 12 heteroatoms. The lowest BCUT2D eigenvalue weighted by atomic mass is 9.99. The maximum Gasteiger partial charge on any atom is 0.472 e. The number of allylic oxidation sites excluding steroid dienone is 10. The largest absolute Gasteiger partial charge is 0.472 e. The van der Waals surface area contributed by atoms with Crippen molar-refractivity contribution in [3.05, 3.63) is 72.9 Å². The van der Waals surface area contributed by atoms with Gasteiger partial charge in [0.1, 0.15) is 12.7 Å². The van der Waals surface area contributed by atoms with Crippen molar-refractivity contribution in [1.29, 1.82) is 0 Å². The highest BCUT2D eigenvalue weighted by Crippen LogP contribution is 2.43. The van der Waals surface area contributed by atoms with Crippen molar-refractivity contribution < 1.29 is 52.9 Å². The minimum Gasteiger partial charge on any atom is -0.462 e. The summed E-state index contributed by atoms with van der Waals surface area (Å²) in [5.41, 5.74) is 0. The molecule has 0 fully saturated rings. The lowest BCUT2D eigenvalue weighted by molar-refractivity contribution is -0.161. The van der Waals surface area contributed by atoms with Crippen LogP contribution in [-0.2, 0) is 32.7 Å². The first-order valence-electron chi connectivity index (χ1n) is 25.4. The summed E-state index contributed by atoms with van der Waals surface area (Å²) in [5, 5.41) is 28.4. The van der Waals surface area contributed by atoms with Crippen molar-refractivity contribution in [2.24, 2.45) is 5.92 Å². The van der Waals surface area contributed by atoms with E-state index in [9.17, 15) is 29.3 Å². The molecule has 0 aliphatic rings. The van der Waals surface area contributed by atoms with E-state index in [2.05, 4.69) is 39.0 Å². The Labute approximate surface area is 395 Å². The highest BCUT2D eigenvalue weighted by atomic mass is 31.2. The minimum absolute atomic E-state index is 0.0340. The van der Waals surface area contributed by atoms with Crippen molar-refractivity contribution in [2.45, 2.75) is 219 Å². The van der Waals surface area contributed by atoms with Gasteiger partial charge in [0, 0.05) is 12.8 Å². The van der Waals surface area contributed by atoms with E-state index in [-0.39, 0.29) is 19.4 Å². The van der Waals surface area contributed by atoms with Gasteiger partial charge in [0.2, 0.25) is 0 Å². The van der Waals surface area contributed by atoms with E-state index in [0.717, 1.165) is 44.4 Å². The minimum atomic E-state index is -4.66. The number of aliphatic hydroxyl groups is 3. The molecule has 0 saturated heterocycles. The predicted molar refractivity (Wildman–Crippen MR) is 266 cm³/mol. The van der Waals surface area contributed by atoms with Crippen LogP contribution in [0.25, 0.3) is 0 Å². The zero-order valence-corrected chi connectivity index (χ0v) is 41.9. The number of aliphatic hydroxyl groups excluding tert-OH is 3. The Bertz CT molecular complexity index is 1340. The number of esters is 2. The molecule has 11 nitrogen and oxygen atoms in total. The van der Waals surface area contributed by atoms with Gasteiger partial charge in [-0.2, -0.15) is 0 Å². The number of hydrogen-bond donors (Lipinski definition) is 4. The van der Waals surface area contributed by atoms with Gasteiger partial charge in [-0.05, 0) is 50.9 Å². The monoisotopic (exact) mass is 937 g/mol. The lowest BCUT2D eigenvalue weighted by Crippen LogP contribution is -2.29. The molecule has 5 atom stereocenters. The second-order valence-corrected chi connectivity index (χ2v) is 18.7. The van der Waals surface area contributed by atoms with Crippen molar-refractivity contribution in [3.63, 3.8) is 0 Å². The average Bonchev–Trinajstić information content (AvgIpc) is 3.29. The fourth-order valence-corrected chi connectivity index (χ4v) is 7.52. The van der Waals surface area contributed by atoms with Crippen LogP contribution >= 0.6 is 7.82 Å². The van der Waals surface area contributed by atoms with E-state index < -0.39 is 57.9 Å². The molecule has 0 aliphatic carbocycles. The SMILES string of the molecule is CC/C=C\C/C=C\CC(O)/C=C/C=C\C/C=C\C/C=C\CCC(=O)O[C@H](COC(=O)CCCCCCCCCCCCCCCCCCCCC(C)CC)COP(=O)(O)OC[C@@H](O)CO. The third-order valence-electron chi connectivity index (χ3n) is 11.0. The van der Waals surface area contributed by atoms with Crippen LogP contribution in [0.1, 0.15) is 201 Å². The zero-order valence-electron chi connectivity index (χ0n) is 41.0. The van der Waals surface area contributed by atoms with E-state index in [0.29, 0.717) is 25.7 Å². The Balaban J connectivity index is 4.33. The van der Waals surface area contributed by atoms with Crippen LogP contribution < -0.4 is 0 Å². The van der Waals surface area contributed by atoms with E-state index >= 15 is 0 Å². The number of unbranched alkanes of at least 4 members (excludes halogenated alkanes) is 17. The van der Waals surface area contributed by atoms with Gasteiger partial charge in [0.25, 0.3) is 0 Å². The molecule has 0 radical (unpaired) electrons. The summed E-state index contributed by atoms with van der Waals surface area (Å²) < 4.78 is 32.7. The maximum absolute atomic E-state index is 12.6. The van der Waals surface area contributed by atoms with Crippen molar-refractivity contribution in [1.82, 2.24) is 0 Å².